The third-order valence-corrected chi connectivity index (χ3v) is 3.32. The van der Waals surface area contributed by atoms with E-state index in [1.54, 1.807) is 11.9 Å². The minimum atomic E-state index is 0.965. The van der Waals surface area contributed by atoms with Crippen LogP contribution in [0.25, 0.3) is 5.57 Å². The molecule has 1 aromatic carbocycles. The molecular weight excluding hydrogens is 190 g/mol. The Balaban J connectivity index is 2.22. The fourth-order valence-electron chi connectivity index (χ4n) is 1.75. The van der Waals surface area contributed by atoms with Crippen molar-refractivity contribution >= 4 is 23.2 Å². The Morgan fingerprint density at radius 3 is 3.14 bits per heavy atom. The van der Waals surface area contributed by atoms with Crippen LogP contribution in [0.3, 0.4) is 0 Å². The van der Waals surface area contributed by atoms with Gasteiger partial charge in [0.1, 0.15) is 0 Å². The topological polar surface area (TPSA) is 12.4 Å². The molecule has 0 spiro atoms. The second-order valence-electron chi connectivity index (χ2n) is 3.34. The summed E-state index contributed by atoms with van der Waals surface area (Å²) in [4.78, 5) is 1.26. The number of fused-ring (bicyclic) bond motifs is 3. The first-order valence-electron chi connectivity index (χ1n) is 4.65. The molecule has 0 fully saturated rings. The highest BCUT2D eigenvalue weighted by molar-refractivity contribution is 7.98. The van der Waals surface area contributed by atoms with Gasteiger partial charge in [0.25, 0.3) is 0 Å². The van der Waals surface area contributed by atoms with Crippen LogP contribution in [-0.2, 0) is 0 Å². The van der Waals surface area contributed by atoms with Gasteiger partial charge in [-0.1, -0.05) is 36.4 Å². The van der Waals surface area contributed by atoms with Gasteiger partial charge >= 0.3 is 0 Å². The van der Waals surface area contributed by atoms with Crippen molar-refractivity contribution in [2.45, 2.75) is 11.3 Å². The lowest BCUT2D eigenvalue weighted by Gasteiger charge is -2.19. The van der Waals surface area contributed by atoms with Gasteiger partial charge in [-0.25, -0.2) is 4.40 Å². The van der Waals surface area contributed by atoms with Gasteiger partial charge in [0.05, 0.1) is 5.71 Å². The van der Waals surface area contributed by atoms with Crippen molar-refractivity contribution in [3.63, 3.8) is 0 Å². The Hall–Kier alpha value is -1.28. The average molecular weight is 199 g/mol. The molecule has 0 N–H and O–H groups in total. The zero-order valence-corrected chi connectivity index (χ0v) is 8.42. The molecule has 0 unspecified atom stereocenters. The van der Waals surface area contributed by atoms with E-state index in [9.17, 15) is 0 Å². The first-order valence-corrected chi connectivity index (χ1v) is 5.43. The van der Waals surface area contributed by atoms with E-state index < -0.39 is 0 Å². The van der Waals surface area contributed by atoms with Gasteiger partial charge in [-0.15, -0.1) is 0 Å². The summed E-state index contributed by atoms with van der Waals surface area (Å²) >= 11 is 1.59. The number of hydrogen-bond donors (Lipinski definition) is 0. The first kappa shape index (κ1) is 8.06. The number of benzene rings is 1. The molecule has 3 rings (SSSR count). The number of rotatable bonds is 0. The van der Waals surface area contributed by atoms with Crippen molar-refractivity contribution in [3.05, 3.63) is 48.1 Å². The molecule has 1 heterocycles. The minimum Gasteiger partial charge on any atom is -0.215 e. The van der Waals surface area contributed by atoms with Gasteiger partial charge in [0.2, 0.25) is 0 Å². The Labute approximate surface area is 87.4 Å². The molecule has 1 nitrogen and oxygen atoms in total. The smallest absolute Gasteiger partial charge is 0.0607 e. The number of allylic oxidation sites excluding steroid dienone is 4. The summed E-state index contributed by atoms with van der Waals surface area (Å²) in [5, 5.41) is 0. The quantitative estimate of drug-likeness (QED) is 0.582. The zero-order chi connectivity index (χ0) is 9.38. The van der Waals surface area contributed by atoms with E-state index in [-0.39, 0.29) is 0 Å². The molecule has 1 aromatic rings. The monoisotopic (exact) mass is 199 g/mol. The standard InChI is InChI=1S/C12H9NS/c1-3-7-11-9(5-1)10-6-2-4-8-12(10)14-13-11/h1-6,8H,7H2. The number of nitrogens with zero attached hydrogens (tertiary/aromatic N) is 1. The maximum Gasteiger partial charge on any atom is 0.0607 e. The van der Waals surface area contributed by atoms with E-state index >= 15 is 0 Å². The van der Waals surface area contributed by atoms with E-state index in [4.69, 9.17) is 0 Å². The lowest BCUT2D eigenvalue weighted by atomic mass is 9.95. The normalized spacial score (nSPS) is 18.0. The molecule has 68 valence electrons. The van der Waals surface area contributed by atoms with E-state index in [1.165, 1.54) is 21.7 Å². The molecule has 2 aliphatic rings. The van der Waals surface area contributed by atoms with Crippen molar-refractivity contribution in [3.8, 4) is 0 Å². The molecule has 0 atom stereocenters. The van der Waals surface area contributed by atoms with Crippen molar-refractivity contribution in [1.82, 2.24) is 0 Å². The van der Waals surface area contributed by atoms with Crippen LogP contribution >= 0.6 is 11.9 Å². The Bertz CT molecular complexity index is 469. The van der Waals surface area contributed by atoms with Gasteiger partial charge in [0, 0.05) is 28.8 Å². The van der Waals surface area contributed by atoms with Crippen LogP contribution in [0.5, 0.6) is 0 Å². The average Bonchev–Trinajstić information content (AvgIpc) is 2.29. The number of hydrogen-bond acceptors (Lipinski definition) is 2. The third kappa shape index (κ3) is 1.15. The van der Waals surface area contributed by atoms with Gasteiger partial charge < -0.3 is 0 Å². The van der Waals surface area contributed by atoms with Crippen LogP contribution in [0.15, 0.2) is 51.8 Å². The van der Waals surface area contributed by atoms with Gasteiger partial charge in [-0.3, -0.25) is 0 Å². The molecule has 0 bridgehead atoms. The molecule has 1 aliphatic carbocycles. The maximum atomic E-state index is 4.51. The summed E-state index contributed by atoms with van der Waals surface area (Å²) in [7, 11) is 0. The molecule has 1 aliphatic heterocycles. The summed E-state index contributed by atoms with van der Waals surface area (Å²) in [6, 6.07) is 8.44. The Kier molecular flexibility index (Phi) is 1.81. The Morgan fingerprint density at radius 1 is 1.21 bits per heavy atom. The van der Waals surface area contributed by atoms with Gasteiger partial charge in [-0.2, -0.15) is 0 Å². The molecule has 0 radical (unpaired) electrons. The predicted molar refractivity (Wildman–Crippen MR) is 61.5 cm³/mol. The van der Waals surface area contributed by atoms with Crippen LogP contribution in [-0.4, -0.2) is 5.71 Å². The van der Waals surface area contributed by atoms with Crippen LogP contribution in [0.1, 0.15) is 12.0 Å². The molecule has 0 saturated carbocycles. The van der Waals surface area contributed by atoms with Crippen LogP contribution in [0, 0.1) is 0 Å². The highest BCUT2D eigenvalue weighted by Crippen LogP contribution is 2.37. The van der Waals surface area contributed by atoms with E-state index in [1.807, 2.05) is 0 Å². The van der Waals surface area contributed by atoms with Crippen molar-refractivity contribution < 1.29 is 0 Å². The predicted octanol–water partition coefficient (Wildman–Crippen LogP) is 3.49. The summed E-state index contributed by atoms with van der Waals surface area (Å²) in [6.45, 7) is 0. The van der Waals surface area contributed by atoms with Gasteiger partial charge in [-0.05, 0) is 11.6 Å². The zero-order valence-electron chi connectivity index (χ0n) is 7.60. The second kappa shape index (κ2) is 3.14. The summed E-state index contributed by atoms with van der Waals surface area (Å²) < 4.78 is 4.51. The lowest BCUT2D eigenvalue weighted by molar-refractivity contribution is 1.35. The highest BCUT2D eigenvalue weighted by atomic mass is 32.2. The molecule has 0 saturated heterocycles. The first-order chi connectivity index (χ1) is 6.95. The maximum absolute atomic E-state index is 4.51. The van der Waals surface area contributed by atoms with Crippen molar-refractivity contribution in [2.24, 2.45) is 4.40 Å². The third-order valence-electron chi connectivity index (χ3n) is 2.45. The van der Waals surface area contributed by atoms with E-state index in [2.05, 4.69) is 46.9 Å². The van der Waals surface area contributed by atoms with Crippen LogP contribution in [0.2, 0.25) is 0 Å². The summed E-state index contributed by atoms with van der Waals surface area (Å²) in [5.74, 6) is 0. The van der Waals surface area contributed by atoms with Crippen molar-refractivity contribution in [2.75, 3.05) is 0 Å². The largest absolute Gasteiger partial charge is 0.215 e. The molecule has 0 amide bonds. The van der Waals surface area contributed by atoms with Gasteiger partial charge in [0.15, 0.2) is 0 Å². The fourth-order valence-corrected chi connectivity index (χ4v) is 2.55. The van der Waals surface area contributed by atoms with E-state index in [0.717, 1.165) is 6.42 Å². The lowest BCUT2D eigenvalue weighted by Crippen LogP contribution is -2.07. The Morgan fingerprint density at radius 2 is 2.14 bits per heavy atom. The SMILES string of the molecule is C1=CCC2=NSc3ccccc3C2=C1. The molecular formula is C12H9NS. The molecule has 14 heavy (non-hydrogen) atoms. The molecule has 2 heteroatoms. The summed E-state index contributed by atoms with van der Waals surface area (Å²) in [6.07, 6.45) is 7.38. The summed E-state index contributed by atoms with van der Waals surface area (Å²) in [5.41, 5.74) is 3.82. The highest BCUT2D eigenvalue weighted by Gasteiger charge is 2.18. The minimum absolute atomic E-state index is 0.965. The van der Waals surface area contributed by atoms with Crippen LogP contribution in [0.4, 0.5) is 0 Å². The second-order valence-corrected chi connectivity index (χ2v) is 4.14. The fraction of sp³-hybridized carbons (Fsp3) is 0.0833. The van der Waals surface area contributed by atoms with Crippen molar-refractivity contribution in [1.29, 1.82) is 0 Å². The van der Waals surface area contributed by atoms with Crippen LogP contribution < -0.4 is 0 Å². The van der Waals surface area contributed by atoms with E-state index in [0.29, 0.717) is 0 Å². The molecule has 0 aromatic heterocycles.